The van der Waals surface area contributed by atoms with Gasteiger partial charge in [0.25, 0.3) is 0 Å². The molecule has 3 nitrogen and oxygen atoms in total. The van der Waals surface area contributed by atoms with Crippen molar-refractivity contribution in [2.24, 2.45) is 5.92 Å². The first kappa shape index (κ1) is 10.4. The Bertz CT molecular complexity index is 218. The normalized spacial score (nSPS) is 23.8. The largest absolute Gasteiger partial charge is 0.462 e. The Kier molecular flexibility index (Phi) is 3.66. The average Bonchev–Trinajstić information content (AvgIpc) is 2.51. The molecule has 2 unspecified atom stereocenters. The molecule has 0 spiro atoms. The minimum atomic E-state index is -0.205. The predicted octanol–water partition coefficient (Wildman–Crippen LogP) is 1.26. The first-order valence-corrected chi connectivity index (χ1v) is 5.04. The van der Waals surface area contributed by atoms with E-state index in [4.69, 9.17) is 17.0 Å². The maximum atomic E-state index is 11.5. The van der Waals surface area contributed by atoms with Gasteiger partial charge in [0.15, 0.2) is 0 Å². The molecular weight excluding hydrogens is 186 g/mol. The highest BCUT2D eigenvalue weighted by Crippen LogP contribution is 2.14. The molecule has 0 bridgehead atoms. The van der Waals surface area contributed by atoms with Crippen molar-refractivity contribution in [1.82, 2.24) is 5.32 Å². The molecular formula is C9H15NO2S. The van der Waals surface area contributed by atoms with Crippen LogP contribution in [-0.4, -0.2) is 23.6 Å². The van der Waals surface area contributed by atoms with Crippen LogP contribution < -0.4 is 5.32 Å². The number of rotatable bonds is 3. The summed E-state index contributed by atoms with van der Waals surface area (Å²) in [6.07, 6.45) is 1.61. The highest BCUT2D eigenvalue weighted by atomic mass is 32.1. The highest BCUT2D eigenvalue weighted by Gasteiger charge is 2.29. The van der Waals surface area contributed by atoms with E-state index in [1.807, 2.05) is 13.8 Å². The van der Waals surface area contributed by atoms with Gasteiger partial charge in [-0.3, -0.25) is 4.79 Å². The monoisotopic (exact) mass is 201 g/mol. The average molecular weight is 201 g/mol. The molecule has 1 fully saturated rings. The van der Waals surface area contributed by atoms with Crippen molar-refractivity contribution in [3.8, 4) is 0 Å². The van der Waals surface area contributed by atoms with Crippen molar-refractivity contribution in [2.75, 3.05) is 6.54 Å². The lowest BCUT2D eigenvalue weighted by molar-refractivity contribution is -0.150. The van der Waals surface area contributed by atoms with Gasteiger partial charge in [0.1, 0.15) is 5.92 Å². The van der Waals surface area contributed by atoms with E-state index < -0.39 is 0 Å². The number of thiocarbonyl (C=S) groups is 1. The summed E-state index contributed by atoms with van der Waals surface area (Å²) in [6.45, 7) is 4.67. The van der Waals surface area contributed by atoms with Crippen molar-refractivity contribution >= 4 is 23.2 Å². The first-order chi connectivity index (χ1) is 6.15. The van der Waals surface area contributed by atoms with Gasteiger partial charge < -0.3 is 10.1 Å². The number of hydrogen-bond donors (Lipinski definition) is 1. The van der Waals surface area contributed by atoms with Crippen LogP contribution in [0.3, 0.4) is 0 Å². The van der Waals surface area contributed by atoms with Crippen LogP contribution in [0.2, 0.25) is 0 Å². The van der Waals surface area contributed by atoms with E-state index in [0.717, 1.165) is 19.4 Å². The third-order valence-corrected chi connectivity index (χ3v) is 2.65. The first-order valence-electron chi connectivity index (χ1n) is 4.63. The molecule has 1 aliphatic rings. The summed E-state index contributed by atoms with van der Waals surface area (Å²) >= 11 is 4.99. The highest BCUT2D eigenvalue weighted by molar-refractivity contribution is 7.80. The maximum absolute atomic E-state index is 11.5. The van der Waals surface area contributed by atoms with Gasteiger partial charge in [-0.05, 0) is 19.8 Å². The molecule has 0 radical (unpaired) electrons. The lowest BCUT2D eigenvalue weighted by atomic mass is 10.1. The lowest BCUT2D eigenvalue weighted by Gasteiger charge is -2.13. The number of esters is 1. The van der Waals surface area contributed by atoms with Gasteiger partial charge in [0, 0.05) is 6.54 Å². The molecule has 74 valence electrons. The Morgan fingerprint density at radius 2 is 2.54 bits per heavy atom. The second-order valence-electron chi connectivity index (χ2n) is 3.29. The van der Waals surface area contributed by atoms with Crippen molar-refractivity contribution in [2.45, 2.75) is 32.8 Å². The van der Waals surface area contributed by atoms with Gasteiger partial charge in [0.2, 0.25) is 0 Å². The Morgan fingerprint density at radius 1 is 1.85 bits per heavy atom. The topological polar surface area (TPSA) is 38.3 Å². The predicted molar refractivity (Wildman–Crippen MR) is 54.6 cm³/mol. The van der Waals surface area contributed by atoms with Crippen molar-refractivity contribution in [1.29, 1.82) is 0 Å². The third-order valence-electron chi connectivity index (χ3n) is 2.23. The van der Waals surface area contributed by atoms with Crippen LogP contribution in [0.15, 0.2) is 0 Å². The van der Waals surface area contributed by atoms with Gasteiger partial charge in [-0.1, -0.05) is 19.1 Å². The van der Waals surface area contributed by atoms with E-state index >= 15 is 0 Å². The Labute approximate surface area is 83.8 Å². The number of nitrogens with one attached hydrogen (secondary N) is 1. The quantitative estimate of drug-likeness (QED) is 0.551. The van der Waals surface area contributed by atoms with E-state index in [1.165, 1.54) is 0 Å². The Morgan fingerprint density at radius 3 is 3.00 bits per heavy atom. The summed E-state index contributed by atoms with van der Waals surface area (Å²) in [5, 5.41) is 2.97. The molecule has 1 saturated heterocycles. The van der Waals surface area contributed by atoms with Crippen LogP contribution in [0.25, 0.3) is 0 Å². The van der Waals surface area contributed by atoms with Crippen LogP contribution in [-0.2, 0) is 9.53 Å². The summed E-state index contributed by atoms with van der Waals surface area (Å²) in [6, 6.07) is 0. The summed E-state index contributed by atoms with van der Waals surface area (Å²) in [5.41, 5.74) is 0. The lowest BCUT2D eigenvalue weighted by Crippen LogP contribution is -2.27. The Hall–Kier alpha value is -0.640. The molecule has 0 saturated carbocycles. The smallest absolute Gasteiger partial charge is 0.316 e. The standard InChI is InChI=1S/C9H15NO2S/c1-3-6(2)12-9(11)7-4-5-10-8(7)13/h6-7H,3-5H2,1-2H3,(H,10,13). The van der Waals surface area contributed by atoms with Crippen LogP contribution >= 0.6 is 12.2 Å². The third kappa shape index (κ3) is 2.66. The zero-order valence-electron chi connectivity index (χ0n) is 8.00. The van der Waals surface area contributed by atoms with Gasteiger partial charge in [0.05, 0.1) is 11.1 Å². The van der Waals surface area contributed by atoms with E-state index in [1.54, 1.807) is 0 Å². The van der Waals surface area contributed by atoms with Crippen LogP contribution in [0.1, 0.15) is 26.7 Å². The molecule has 0 aromatic heterocycles. The second-order valence-corrected chi connectivity index (χ2v) is 3.73. The summed E-state index contributed by atoms with van der Waals surface area (Å²) in [7, 11) is 0. The summed E-state index contributed by atoms with van der Waals surface area (Å²) in [5.74, 6) is -0.381. The molecule has 0 aliphatic carbocycles. The van der Waals surface area contributed by atoms with Gasteiger partial charge in [-0.25, -0.2) is 0 Å². The molecule has 1 aliphatic heterocycles. The van der Waals surface area contributed by atoms with Gasteiger partial charge in [-0.15, -0.1) is 0 Å². The fourth-order valence-electron chi connectivity index (χ4n) is 1.18. The number of hydrogen-bond acceptors (Lipinski definition) is 3. The molecule has 0 aromatic carbocycles. The second kappa shape index (κ2) is 4.56. The number of carbonyl (C=O) groups excluding carboxylic acids is 1. The maximum Gasteiger partial charge on any atom is 0.316 e. The molecule has 1 N–H and O–H groups in total. The van der Waals surface area contributed by atoms with Crippen molar-refractivity contribution in [3.63, 3.8) is 0 Å². The molecule has 0 aromatic rings. The van der Waals surface area contributed by atoms with Crippen LogP contribution in [0.4, 0.5) is 0 Å². The molecule has 0 amide bonds. The zero-order chi connectivity index (χ0) is 9.84. The fourth-order valence-corrected chi connectivity index (χ4v) is 1.50. The van der Waals surface area contributed by atoms with Gasteiger partial charge in [-0.2, -0.15) is 0 Å². The zero-order valence-corrected chi connectivity index (χ0v) is 8.82. The van der Waals surface area contributed by atoms with Crippen molar-refractivity contribution in [3.05, 3.63) is 0 Å². The molecule has 2 atom stereocenters. The van der Waals surface area contributed by atoms with E-state index in [9.17, 15) is 4.79 Å². The molecule has 1 heterocycles. The molecule has 4 heteroatoms. The van der Waals surface area contributed by atoms with Crippen molar-refractivity contribution < 1.29 is 9.53 Å². The fraction of sp³-hybridized carbons (Fsp3) is 0.778. The summed E-state index contributed by atoms with van der Waals surface area (Å²) < 4.78 is 5.19. The molecule has 1 rings (SSSR count). The van der Waals surface area contributed by atoms with E-state index in [-0.39, 0.29) is 18.0 Å². The van der Waals surface area contributed by atoms with Gasteiger partial charge >= 0.3 is 5.97 Å². The summed E-state index contributed by atoms with van der Waals surface area (Å²) in [4.78, 5) is 12.1. The number of ether oxygens (including phenoxy) is 1. The minimum Gasteiger partial charge on any atom is -0.462 e. The van der Waals surface area contributed by atoms with E-state index in [0.29, 0.717) is 4.99 Å². The Balaban J connectivity index is 2.43. The SMILES string of the molecule is CCC(C)OC(=O)C1CCNC1=S. The van der Waals surface area contributed by atoms with E-state index in [2.05, 4.69) is 5.32 Å². The molecule has 13 heavy (non-hydrogen) atoms. The van der Waals surface area contributed by atoms with Crippen LogP contribution in [0, 0.1) is 5.92 Å². The minimum absolute atomic E-state index is 0.00380. The number of carbonyl (C=O) groups is 1. The van der Waals surface area contributed by atoms with Crippen LogP contribution in [0.5, 0.6) is 0 Å².